The van der Waals surface area contributed by atoms with Gasteiger partial charge in [0.15, 0.2) is 0 Å². The molecule has 4 heteroatoms. The van der Waals surface area contributed by atoms with Crippen LogP contribution in [-0.4, -0.2) is 11.8 Å². The van der Waals surface area contributed by atoms with Gasteiger partial charge in [-0.1, -0.05) is 49.9 Å². The second kappa shape index (κ2) is 6.76. The molecule has 120 valence electrons. The van der Waals surface area contributed by atoms with Crippen LogP contribution in [0.5, 0.6) is 0 Å². The summed E-state index contributed by atoms with van der Waals surface area (Å²) in [6, 6.07) is 10.5. The minimum atomic E-state index is -0.255. The molecule has 0 saturated heterocycles. The Hall–Kier alpha value is -1.79. The second-order valence-electron chi connectivity index (χ2n) is 6.57. The Morgan fingerprint density at radius 3 is 2.57 bits per heavy atom. The Bertz CT molecular complexity index is 679. The minimum Gasteiger partial charge on any atom is -0.324 e. The summed E-state index contributed by atoms with van der Waals surface area (Å²) >= 11 is 5.68. The Balaban J connectivity index is 2.15. The van der Waals surface area contributed by atoms with Crippen LogP contribution in [0.1, 0.15) is 49.7 Å². The highest BCUT2D eigenvalue weighted by Crippen LogP contribution is 2.49. The monoisotopic (exact) mass is 328 g/mol. The molecule has 3 nitrogen and oxygen atoms in total. The van der Waals surface area contributed by atoms with Gasteiger partial charge in [0.1, 0.15) is 5.88 Å². The molecule has 0 aliphatic heterocycles. The van der Waals surface area contributed by atoms with Gasteiger partial charge in [-0.3, -0.25) is 4.79 Å². The molecule has 0 unspecified atom stereocenters. The number of rotatable bonds is 2. The summed E-state index contributed by atoms with van der Waals surface area (Å²) in [5, 5.41) is 12.8. The van der Waals surface area contributed by atoms with Crippen molar-refractivity contribution in [2.75, 3.05) is 5.88 Å². The summed E-state index contributed by atoms with van der Waals surface area (Å²) in [6.07, 6.45) is 7.67. The third-order valence-electron chi connectivity index (χ3n) is 5.15. The molecule has 1 fully saturated rings. The van der Waals surface area contributed by atoms with Gasteiger partial charge in [-0.2, -0.15) is 5.26 Å². The number of fused-ring (bicyclic) bond motifs is 1. The summed E-state index contributed by atoms with van der Waals surface area (Å²) in [5.41, 5.74) is 3.49. The predicted molar refractivity (Wildman–Crippen MR) is 91.7 cm³/mol. The van der Waals surface area contributed by atoms with Crippen molar-refractivity contribution >= 4 is 23.2 Å². The maximum Gasteiger partial charge on any atom is 0.239 e. The van der Waals surface area contributed by atoms with Gasteiger partial charge in [-0.05, 0) is 24.8 Å². The van der Waals surface area contributed by atoms with E-state index in [2.05, 4.69) is 17.5 Å². The van der Waals surface area contributed by atoms with Crippen LogP contribution in [0.2, 0.25) is 0 Å². The number of nitriles is 1. The summed E-state index contributed by atoms with van der Waals surface area (Å²) in [4.78, 5) is 11.9. The molecule has 3 rings (SSSR count). The normalized spacial score (nSPS) is 19.7. The quantitative estimate of drug-likeness (QED) is 0.828. The van der Waals surface area contributed by atoms with Crippen LogP contribution in [0.4, 0.5) is 0 Å². The van der Waals surface area contributed by atoms with E-state index in [-0.39, 0.29) is 17.2 Å². The largest absolute Gasteiger partial charge is 0.324 e. The van der Waals surface area contributed by atoms with Gasteiger partial charge in [0.05, 0.1) is 17.3 Å². The van der Waals surface area contributed by atoms with Crippen LogP contribution >= 0.6 is 11.6 Å². The van der Waals surface area contributed by atoms with E-state index in [0.717, 1.165) is 43.2 Å². The van der Waals surface area contributed by atoms with Crippen molar-refractivity contribution in [1.29, 1.82) is 5.26 Å². The van der Waals surface area contributed by atoms with E-state index in [1.807, 2.05) is 18.2 Å². The Morgan fingerprint density at radius 1 is 1.22 bits per heavy atom. The fourth-order valence-corrected chi connectivity index (χ4v) is 4.15. The lowest BCUT2D eigenvalue weighted by Gasteiger charge is -2.38. The topological polar surface area (TPSA) is 52.9 Å². The maximum absolute atomic E-state index is 11.9. The van der Waals surface area contributed by atoms with Gasteiger partial charge < -0.3 is 5.32 Å². The molecule has 1 aromatic rings. The van der Waals surface area contributed by atoms with Crippen LogP contribution in [0.3, 0.4) is 0 Å². The first kappa shape index (κ1) is 16.1. The molecule has 1 saturated carbocycles. The van der Waals surface area contributed by atoms with Crippen molar-refractivity contribution in [3.63, 3.8) is 0 Å². The Labute approximate surface area is 142 Å². The number of alkyl halides is 1. The van der Waals surface area contributed by atoms with Gasteiger partial charge in [-0.25, -0.2) is 0 Å². The van der Waals surface area contributed by atoms with E-state index in [1.165, 1.54) is 18.4 Å². The predicted octanol–water partition coefficient (Wildman–Crippen LogP) is 4.17. The molecule has 2 aliphatic rings. The van der Waals surface area contributed by atoms with Gasteiger partial charge >= 0.3 is 0 Å². The van der Waals surface area contributed by atoms with E-state index in [9.17, 15) is 10.1 Å². The number of benzene rings is 1. The molecule has 1 N–H and O–H groups in total. The van der Waals surface area contributed by atoms with Crippen molar-refractivity contribution in [3.05, 3.63) is 41.0 Å². The zero-order chi connectivity index (χ0) is 16.3. The Kier molecular flexibility index (Phi) is 4.73. The lowest BCUT2D eigenvalue weighted by Crippen LogP contribution is -2.35. The van der Waals surface area contributed by atoms with Gasteiger partial charge in [0.2, 0.25) is 5.91 Å². The first-order valence-corrected chi connectivity index (χ1v) is 8.82. The number of amides is 1. The summed E-state index contributed by atoms with van der Waals surface area (Å²) in [7, 11) is 0. The second-order valence-corrected chi connectivity index (χ2v) is 6.84. The number of carbonyl (C=O) groups excluding carboxylic acids is 1. The molecule has 1 aromatic carbocycles. The molecule has 0 heterocycles. The van der Waals surface area contributed by atoms with Crippen LogP contribution < -0.4 is 5.32 Å². The number of nitrogens with one attached hydrogen (secondary N) is 1. The molecule has 2 aliphatic carbocycles. The third-order valence-corrected chi connectivity index (χ3v) is 5.40. The average molecular weight is 329 g/mol. The van der Waals surface area contributed by atoms with E-state index >= 15 is 0 Å². The highest BCUT2D eigenvalue weighted by atomic mass is 35.5. The van der Waals surface area contributed by atoms with Crippen LogP contribution in [0.15, 0.2) is 29.8 Å². The highest BCUT2D eigenvalue weighted by molar-refractivity contribution is 6.27. The fraction of sp³-hybridized carbons (Fsp3) is 0.474. The molecule has 0 atom stereocenters. The van der Waals surface area contributed by atoms with E-state index in [4.69, 9.17) is 11.6 Å². The number of halogens is 1. The fourth-order valence-electron chi connectivity index (χ4n) is 4.08. The number of nitrogens with zero attached hydrogens (tertiary/aromatic N) is 1. The van der Waals surface area contributed by atoms with Crippen LogP contribution in [-0.2, 0) is 11.2 Å². The molecule has 23 heavy (non-hydrogen) atoms. The van der Waals surface area contributed by atoms with Crippen molar-refractivity contribution < 1.29 is 4.79 Å². The maximum atomic E-state index is 11.9. The van der Waals surface area contributed by atoms with E-state index < -0.39 is 0 Å². The van der Waals surface area contributed by atoms with Gasteiger partial charge in [0.25, 0.3) is 0 Å². The van der Waals surface area contributed by atoms with E-state index in [0.29, 0.717) is 5.70 Å². The van der Waals surface area contributed by atoms with Crippen LogP contribution in [0.25, 0.3) is 5.70 Å². The molecular formula is C19H21ClN2O. The highest BCUT2D eigenvalue weighted by Gasteiger charge is 2.41. The number of hydrogen-bond acceptors (Lipinski definition) is 2. The smallest absolute Gasteiger partial charge is 0.239 e. The number of hydrogen-bond donors (Lipinski definition) is 1. The standard InChI is InChI=1S/C19H21ClN2O/c20-12-17(23)22-18-15-8-4-3-7-14(15)11-19(16(18)13-21)9-5-1-2-6-10-19/h3-4,7-8H,1-2,5-6,9-12H2,(H,22,23). The third kappa shape index (κ3) is 3.01. The van der Waals surface area contributed by atoms with Crippen LogP contribution in [0, 0.1) is 16.7 Å². The lowest BCUT2D eigenvalue weighted by atomic mass is 9.65. The summed E-state index contributed by atoms with van der Waals surface area (Å²) in [6.45, 7) is 0. The molecule has 1 spiro atoms. The average Bonchev–Trinajstić information content (AvgIpc) is 2.81. The number of carbonyl (C=O) groups is 1. The lowest BCUT2D eigenvalue weighted by molar-refractivity contribution is -0.117. The zero-order valence-electron chi connectivity index (χ0n) is 13.2. The molecular weight excluding hydrogens is 308 g/mol. The van der Waals surface area contributed by atoms with Gasteiger partial charge in [0, 0.05) is 11.0 Å². The first-order valence-electron chi connectivity index (χ1n) is 8.29. The van der Waals surface area contributed by atoms with Crippen molar-refractivity contribution in [2.45, 2.75) is 44.9 Å². The molecule has 0 aromatic heterocycles. The summed E-state index contributed by atoms with van der Waals surface area (Å²) < 4.78 is 0. The molecule has 0 bridgehead atoms. The Morgan fingerprint density at radius 2 is 1.91 bits per heavy atom. The van der Waals surface area contributed by atoms with Gasteiger partial charge in [-0.15, -0.1) is 11.6 Å². The minimum absolute atomic E-state index is 0.0998. The zero-order valence-corrected chi connectivity index (χ0v) is 14.0. The SMILES string of the molecule is N#CC1=C(NC(=O)CCl)c2ccccc2CC12CCCCCC2. The first-order chi connectivity index (χ1) is 11.2. The summed E-state index contributed by atoms with van der Waals surface area (Å²) in [5.74, 6) is -0.355. The van der Waals surface area contributed by atoms with Crippen molar-refractivity contribution in [1.82, 2.24) is 5.32 Å². The van der Waals surface area contributed by atoms with E-state index in [1.54, 1.807) is 0 Å². The van der Waals surface area contributed by atoms with Crippen molar-refractivity contribution in [2.24, 2.45) is 5.41 Å². The molecule has 1 amide bonds. The molecule has 0 radical (unpaired) electrons. The number of allylic oxidation sites excluding steroid dienone is 1. The van der Waals surface area contributed by atoms with Crippen molar-refractivity contribution in [3.8, 4) is 6.07 Å².